The minimum atomic E-state index is 0.450. The third-order valence-electron chi connectivity index (χ3n) is 6.30. The summed E-state index contributed by atoms with van der Waals surface area (Å²) in [6, 6.07) is 2.68. The summed E-state index contributed by atoms with van der Waals surface area (Å²) in [5, 5.41) is 0. The van der Waals surface area contributed by atoms with Crippen molar-refractivity contribution in [3.05, 3.63) is 12.3 Å². The van der Waals surface area contributed by atoms with Crippen LogP contribution in [-0.4, -0.2) is 62.3 Å². The van der Waals surface area contributed by atoms with Gasteiger partial charge in [0.25, 0.3) is 0 Å². The van der Waals surface area contributed by atoms with Crippen molar-refractivity contribution in [2.75, 3.05) is 56.2 Å². The SMILES string of the molecule is CN1CCN2c3ncc(N4CC5CCCC5C4)cc3OC[C@@H]2C1. The van der Waals surface area contributed by atoms with Crippen molar-refractivity contribution < 1.29 is 4.74 Å². The molecule has 1 saturated carbocycles. The van der Waals surface area contributed by atoms with Crippen LogP contribution in [0.1, 0.15) is 19.3 Å². The average molecular weight is 314 g/mol. The van der Waals surface area contributed by atoms with Crippen molar-refractivity contribution in [3.8, 4) is 5.75 Å². The molecule has 3 aliphatic heterocycles. The van der Waals surface area contributed by atoms with Gasteiger partial charge in [0.1, 0.15) is 6.61 Å². The van der Waals surface area contributed by atoms with Crippen molar-refractivity contribution in [2.45, 2.75) is 25.3 Å². The number of aromatic nitrogens is 1. The molecule has 0 N–H and O–H groups in total. The van der Waals surface area contributed by atoms with Gasteiger partial charge in [-0.3, -0.25) is 0 Å². The Morgan fingerprint density at radius 1 is 1.13 bits per heavy atom. The van der Waals surface area contributed by atoms with E-state index in [9.17, 15) is 0 Å². The Hall–Kier alpha value is -1.49. The summed E-state index contributed by atoms with van der Waals surface area (Å²) >= 11 is 0. The molecule has 0 aromatic carbocycles. The fraction of sp³-hybridized carbons (Fsp3) is 0.722. The highest BCUT2D eigenvalue weighted by Gasteiger charge is 2.37. The zero-order valence-electron chi connectivity index (χ0n) is 13.9. The molecule has 0 bridgehead atoms. The third kappa shape index (κ3) is 2.28. The molecule has 5 rings (SSSR count). The molecule has 2 unspecified atom stereocenters. The maximum absolute atomic E-state index is 6.08. The Kier molecular flexibility index (Phi) is 3.18. The summed E-state index contributed by atoms with van der Waals surface area (Å²) in [6.07, 6.45) is 6.33. The van der Waals surface area contributed by atoms with Gasteiger partial charge < -0.3 is 19.4 Å². The zero-order valence-corrected chi connectivity index (χ0v) is 13.9. The van der Waals surface area contributed by atoms with E-state index in [0.717, 1.165) is 49.6 Å². The van der Waals surface area contributed by atoms with Crippen LogP contribution in [0.15, 0.2) is 12.3 Å². The van der Waals surface area contributed by atoms with Gasteiger partial charge in [-0.1, -0.05) is 6.42 Å². The third-order valence-corrected chi connectivity index (χ3v) is 6.30. The van der Waals surface area contributed by atoms with E-state index in [1.165, 1.54) is 38.0 Å². The molecule has 3 atom stereocenters. The number of piperazine rings is 1. The first-order valence-corrected chi connectivity index (χ1v) is 9.11. The van der Waals surface area contributed by atoms with Gasteiger partial charge in [-0.25, -0.2) is 4.98 Å². The van der Waals surface area contributed by atoms with Crippen LogP contribution in [0.25, 0.3) is 0 Å². The Morgan fingerprint density at radius 2 is 1.96 bits per heavy atom. The summed E-state index contributed by atoms with van der Waals surface area (Å²) in [5.41, 5.74) is 1.26. The molecule has 23 heavy (non-hydrogen) atoms. The van der Waals surface area contributed by atoms with E-state index in [1.807, 2.05) is 0 Å². The molecule has 0 spiro atoms. The molecule has 124 valence electrons. The average Bonchev–Trinajstić information content (AvgIpc) is 3.15. The Morgan fingerprint density at radius 3 is 2.78 bits per heavy atom. The number of likely N-dealkylation sites (N-methyl/N-ethyl adjacent to an activating group) is 1. The zero-order chi connectivity index (χ0) is 15.4. The normalized spacial score (nSPS) is 33.2. The van der Waals surface area contributed by atoms with Crippen molar-refractivity contribution in [1.29, 1.82) is 0 Å². The van der Waals surface area contributed by atoms with Crippen LogP contribution in [-0.2, 0) is 0 Å². The number of hydrogen-bond acceptors (Lipinski definition) is 5. The van der Waals surface area contributed by atoms with E-state index in [-0.39, 0.29) is 0 Å². The van der Waals surface area contributed by atoms with E-state index in [0.29, 0.717) is 6.04 Å². The lowest BCUT2D eigenvalue weighted by Gasteiger charge is -2.43. The minimum absolute atomic E-state index is 0.450. The summed E-state index contributed by atoms with van der Waals surface area (Å²) in [5.74, 6) is 3.86. The van der Waals surface area contributed by atoms with Crippen molar-refractivity contribution in [3.63, 3.8) is 0 Å². The fourth-order valence-electron chi connectivity index (χ4n) is 4.99. The van der Waals surface area contributed by atoms with Gasteiger partial charge >= 0.3 is 0 Å². The van der Waals surface area contributed by atoms with Crippen LogP contribution in [0.3, 0.4) is 0 Å². The van der Waals surface area contributed by atoms with Gasteiger partial charge in [-0.05, 0) is 31.7 Å². The maximum Gasteiger partial charge on any atom is 0.171 e. The highest BCUT2D eigenvalue weighted by atomic mass is 16.5. The van der Waals surface area contributed by atoms with Crippen LogP contribution < -0.4 is 14.5 Å². The van der Waals surface area contributed by atoms with Crippen molar-refractivity contribution >= 4 is 11.5 Å². The van der Waals surface area contributed by atoms with E-state index in [1.54, 1.807) is 0 Å². The lowest BCUT2D eigenvalue weighted by Crippen LogP contribution is -2.56. The molecule has 4 heterocycles. The predicted octanol–water partition coefficient (Wildman–Crippen LogP) is 1.83. The van der Waals surface area contributed by atoms with Gasteiger partial charge in [0.15, 0.2) is 11.6 Å². The van der Waals surface area contributed by atoms with E-state index in [4.69, 9.17) is 9.72 Å². The predicted molar refractivity (Wildman–Crippen MR) is 91.4 cm³/mol. The largest absolute Gasteiger partial charge is 0.487 e. The molecule has 0 radical (unpaired) electrons. The van der Waals surface area contributed by atoms with Crippen molar-refractivity contribution in [1.82, 2.24) is 9.88 Å². The first-order chi connectivity index (χ1) is 11.3. The molecule has 5 heteroatoms. The van der Waals surface area contributed by atoms with E-state index < -0.39 is 0 Å². The second-order valence-electron chi connectivity index (χ2n) is 7.79. The number of rotatable bonds is 1. The lowest BCUT2D eigenvalue weighted by molar-refractivity contribution is 0.186. The molecule has 0 amide bonds. The number of hydrogen-bond donors (Lipinski definition) is 0. The number of nitrogens with zero attached hydrogens (tertiary/aromatic N) is 4. The molecule has 4 aliphatic rings. The minimum Gasteiger partial charge on any atom is -0.487 e. The first-order valence-electron chi connectivity index (χ1n) is 9.11. The second kappa shape index (κ2) is 5.26. The molecule has 1 aromatic heterocycles. The van der Waals surface area contributed by atoms with Crippen LogP contribution in [0.4, 0.5) is 11.5 Å². The molecule has 1 aliphatic carbocycles. The second-order valence-corrected chi connectivity index (χ2v) is 7.79. The highest BCUT2D eigenvalue weighted by molar-refractivity contribution is 5.62. The standard InChI is InChI=1S/C18H26N4O/c1-20-5-6-22-16(11-20)12-23-17-7-15(8-19-18(17)22)21-9-13-3-2-4-14(13)10-21/h7-8,13-14,16H,2-6,9-12H2,1H3/t13?,14?,16-/m0/s1. The summed E-state index contributed by atoms with van der Waals surface area (Å²) < 4.78 is 6.08. The number of fused-ring (bicyclic) bond motifs is 4. The lowest BCUT2D eigenvalue weighted by atomic mass is 10.0. The molecule has 5 nitrogen and oxygen atoms in total. The fourth-order valence-corrected chi connectivity index (χ4v) is 4.99. The number of pyridine rings is 1. The molecule has 2 saturated heterocycles. The van der Waals surface area contributed by atoms with Gasteiger partial charge in [-0.2, -0.15) is 0 Å². The Labute approximate surface area is 138 Å². The Balaban J connectivity index is 1.39. The quantitative estimate of drug-likeness (QED) is 0.789. The van der Waals surface area contributed by atoms with Crippen LogP contribution in [0.5, 0.6) is 5.75 Å². The van der Waals surface area contributed by atoms with Crippen LogP contribution in [0.2, 0.25) is 0 Å². The first kappa shape index (κ1) is 13.9. The topological polar surface area (TPSA) is 31.8 Å². The van der Waals surface area contributed by atoms with Gasteiger partial charge in [0.2, 0.25) is 0 Å². The summed E-state index contributed by atoms with van der Waals surface area (Å²) in [4.78, 5) is 12.2. The summed E-state index contributed by atoms with van der Waals surface area (Å²) in [6.45, 7) is 6.43. The van der Waals surface area contributed by atoms with Crippen molar-refractivity contribution in [2.24, 2.45) is 11.8 Å². The van der Waals surface area contributed by atoms with E-state index >= 15 is 0 Å². The highest BCUT2D eigenvalue weighted by Crippen LogP contribution is 2.41. The van der Waals surface area contributed by atoms with Crippen LogP contribution >= 0.6 is 0 Å². The van der Waals surface area contributed by atoms with Gasteiger partial charge in [-0.15, -0.1) is 0 Å². The Bertz CT molecular complexity index is 595. The number of ether oxygens (including phenoxy) is 1. The van der Waals surface area contributed by atoms with Gasteiger partial charge in [0, 0.05) is 38.8 Å². The smallest absolute Gasteiger partial charge is 0.171 e. The van der Waals surface area contributed by atoms with Crippen LogP contribution in [0, 0.1) is 11.8 Å². The van der Waals surface area contributed by atoms with E-state index in [2.05, 4.69) is 34.0 Å². The number of anilines is 2. The molecular weight excluding hydrogens is 288 g/mol. The maximum atomic E-state index is 6.08. The summed E-state index contributed by atoms with van der Waals surface area (Å²) in [7, 11) is 2.19. The molecule has 3 fully saturated rings. The van der Waals surface area contributed by atoms with Gasteiger partial charge in [0.05, 0.1) is 17.9 Å². The monoisotopic (exact) mass is 314 g/mol. The molecule has 1 aromatic rings. The molecular formula is C18H26N4O.